The van der Waals surface area contributed by atoms with Crippen LogP contribution in [-0.4, -0.2) is 44.8 Å². The minimum absolute atomic E-state index is 0.0816. The summed E-state index contributed by atoms with van der Waals surface area (Å²) in [7, 11) is 0. The number of nitrogens with one attached hydrogen (secondary N) is 1. The summed E-state index contributed by atoms with van der Waals surface area (Å²) >= 11 is 0. The lowest BCUT2D eigenvalue weighted by molar-refractivity contribution is -0.247. The topological polar surface area (TPSA) is 118 Å². The van der Waals surface area contributed by atoms with E-state index in [1.807, 2.05) is 37.3 Å². The number of hydrogen-bond acceptors (Lipinski definition) is 7. The van der Waals surface area contributed by atoms with Gasteiger partial charge in [0.25, 0.3) is 5.91 Å². The molecule has 0 bridgehead atoms. The summed E-state index contributed by atoms with van der Waals surface area (Å²) in [6.45, 7) is 2.07. The van der Waals surface area contributed by atoms with Crippen LogP contribution in [0.5, 0.6) is 5.75 Å². The number of fused-ring (bicyclic) bond motifs is 1. The summed E-state index contributed by atoms with van der Waals surface area (Å²) in [5, 5.41) is 10.3. The van der Waals surface area contributed by atoms with Crippen molar-refractivity contribution in [3.05, 3.63) is 71.4 Å². The number of carbonyl (C=O) groups excluding carboxylic acids is 3. The molecule has 9 nitrogen and oxygen atoms in total. The van der Waals surface area contributed by atoms with E-state index in [0.717, 1.165) is 28.6 Å². The van der Waals surface area contributed by atoms with Crippen molar-refractivity contribution in [2.24, 2.45) is 0 Å². The van der Waals surface area contributed by atoms with Crippen LogP contribution in [0.15, 0.2) is 54.6 Å². The Morgan fingerprint density at radius 1 is 1.05 bits per heavy atom. The van der Waals surface area contributed by atoms with Crippen molar-refractivity contribution in [3.8, 4) is 5.75 Å². The maximum absolute atomic E-state index is 13.5. The molecule has 1 aliphatic carbocycles. The quantitative estimate of drug-likeness (QED) is 0.302. The third-order valence-corrected chi connectivity index (χ3v) is 6.85. The molecule has 1 saturated carbocycles. The Bertz CT molecular complexity index is 1390. The fourth-order valence-corrected chi connectivity index (χ4v) is 4.97. The van der Waals surface area contributed by atoms with Gasteiger partial charge in [-0.1, -0.05) is 37.5 Å². The number of hydroxylamine groups is 3. The molecule has 2 aromatic carbocycles. The predicted octanol–water partition coefficient (Wildman–Crippen LogP) is 5.18. The molecule has 212 valence electrons. The Balaban J connectivity index is 1.58. The molecule has 4 rings (SSSR count). The first kappa shape index (κ1) is 28.8. The van der Waals surface area contributed by atoms with E-state index in [4.69, 9.17) is 9.94 Å². The fraction of sp³-hybridized carbons (Fsp3) is 0.357. The highest BCUT2D eigenvalue weighted by molar-refractivity contribution is 5.95. The summed E-state index contributed by atoms with van der Waals surface area (Å²) in [6, 6.07) is 15.1. The Morgan fingerprint density at radius 2 is 1.73 bits per heavy atom. The van der Waals surface area contributed by atoms with Crippen LogP contribution in [0.4, 0.5) is 13.2 Å². The number of pyridine rings is 1. The Morgan fingerprint density at radius 3 is 2.38 bits per heavy atom. The molecule has 3 aromatic rings. The van der Waals surface area contributed by atoms with Crippen LogP contribution in [0, 0.1) is 6.92 Å². The van der Waals surface area contributed by atoms with Crippen LogP contribution >= 0.6 is 0 Å². The molecule has 0 saturated heterocycles. The van der Waals surface area contributed by atoms with Crippen LogP contribution in [0.2, 0.25) is 0 Å². The Labute approximate surface area is 227 Å². The molecular weight excluding hydrogens is 531 g/mol. The summed E-state index contributed by atoms with van der Waals surface area (Å²) in [5.74, 6) is -4.16. The zero-order chi connectivity index (χ0) is 28.9. The largest absolute Gasteiger partial charge is 0.493 e. The number of hydrogen-bond donors (Lipinski definition) is 2. The molecule has 0 unspecified atom stereocenters. The average molecular weight is 560 g/mol. The highest BCUT2D eigenvalue weighted by atomic mass is 19.4. The first-order valence-electron chi connectivity index (χ1n) is 12.7. The van der Waals surface area contributed by atoms with Crippen LogP contribution < -0.4 is 10.2 Å². The molecule has 2 N–H and O–H groups in total. The summed E-state index contributed by atoms with van der Waals surface area (Å²) in [6.07, 6.45) is -4.07. The second kappa shape index (κ2) is 11.9. The van der Waals surface area contributed by atoms with E-state index < -0.39 is 35.9 Å². The lowest BCUT2D eigenvalue weighted by atomic mass is 9.78. The minimum Gasteiger partial charge on any atom is -0.489 e. The number of aromatic nitrogens is 1. The second-order valence-corrected chi connectivity index (χ2v) is 9.73. The maximum Gasteiger partial charge on any atom is 0.493 e. The lowest BCUT2D eigenvalue weighted by Gasteiger charge is -2.43. The van der Waals surface area contributed by atoms with E-state index in [-0.39, 0.29) is 25.0 Å². The molecule has 40 heavy (non-hydrogen) atoms. The number of para-hydroxylation sites is 1. The summed E-state index contributed by atoms with van der Waals surface area (Å²) in [4.78, 5) is 46.5. The van der Waals surface area contributed by atoms with E-state index in [2.05, 4.69) is 9.82 Å². The van der Waals surface area contributed by atoms with Gasteiger partial charge < -0.3 is 9.57 Å². The number of amides is 2. The van der Waals surface area contributed by atoms with Crippen molar-refractivity contribution in [3.63, 3.8) is 0 Å². The van der Waals surface area contributed by atoms with Crippen molar-refractivity contribution < 1.29 is 42.3 Å². The number of alkyl halides is 3. The molecule has 1 heterocycles. The molecule has 0 spiro atoms. The predicted molar refractivity (Wildman–Crippen MR) is 136 cm³/mol. The third-order valence-electron chi connectivity index (χ3n) is 6.85. The first-order valence-corrected chi connectivity index (χ1v) is 12.7. The van der Waals surface area contributed by atoms with E-state index in [9.17, 15) is 27.6 Å². The highest BCUT2D eigenvalue weighted by Crippen LogP contribution is 2.39. The van der Waals surface area contributed by atoms with Gasteiger partial charge in [-0.05, 0) is 56.2 Å². The Hall–Kier alpha value is -4.19. The zero-order valence-corrected chi connectivity index (χ0v) is 21.7. The smallest absolute Gasteiger partial charge is 0.489 e. The average Bonchev–Trinajstić information content (AvgIpc) is 2.94. The lowest BCUT2D eigenvalue weighted by Crippen LogP contribution is -2.56. The van der Waals surface area contributed by atoms with Crippen LogP contribution in [0.1, 0.15) is 60.1 Å². The van der Waals surface area contributed by atoms with Gasteiger partial charge in [0.05, 0.1) is 17.5 Å². The first-order chi connectivity index (χ1) is 19.0. The van der Waals surface area contributed by atoms with Crippen molar-refractivity contribution in [1.82, 2.24) is 15.5 Å². The van der Waals surface area contributed by atoms with Crippen molar-refractivity contribution >= 4 is 28.7 Å². The second-order valence-electron chi connectivity index (χ2n) is 9.73. The van der Waals surface area contributed by atoms with Crippen LogP contribution in [-0.2, 0) is 21.0 Å². The Kier molecular flexibility index (Phi) is 8.58. The molecule has 2 amide bonds. The molecular formula is C28H28F3N3O6. The number of aryl methyl sites for hydroxylation is 1. The molecule has 0 atom stereocenters. The van der Waals surface area contributed by atoms with Gasteiger partial charge in [0.2, 0.25) is 5.91 Å². The summed E-state index contributed by atoms with van der Waals surface area (Å²) in [5.41, 5.74) is 2.33. The molecule has 12 heteroatoms. The number of benzene rings is 2. The van der Waals surface area contributed by atoms with Gasteiger partial charge in [-0.3, -0.25) is 19.8 Å². The van der Waals surface area contributed by atoms with E-state index in [0.29, 0.717) is 23.7 Å². The minimum atomic E-state index is -5.37. The number of halogens is 3. The van der Waals surface area contributed by atoms with Gasteiger partial charge in [-0.15, -0.1) is 0 Å². The van der Waals surface area contributed by atoms with Gasteiger partial charge in [0.1, 0.15) is 12.4 Å². The number of ether oxygens (including phenoxy) is 1. The van der Waals surface area contributed by atoms with Crippen molar-refractivity contribution in [2.75, 3.05) is 0 Å². The molecule has 0 aliphatic heterocycles. The van der Waals surface area contributed by atoms with Crippen LogP contribution in [0.25, 0.3) is 10.9 Å². The van der Waals surface area contributed by atoms with E-state index in [1.165, 1.54) is 29.7 Å². The van der Waals surface area contributed by atoms with Gasteiger partial charge in [0, 0.05) is 22.2 Å². The molecule has 1 aromatic heterocycles. The van der Waals surface area contributed by atoms with Gasteiger partial charge in [-0.2, -0.15) is 18.2 Å². The molecule has 1 aliphatic rings. The number of nitrogens with zero attached hydrogens (tertiary/aromatic N) is 2. The van der Waals surface area contributed by atoms with E-state index in [1.54, 1.807) is 0 Å². The van der Waals surface area contributed by atoms with Crippen LogP contribution in [0.3, 0.4) is 0 Å². The van der Waals surface area contributed by atoms with Gasteiger partial charge >= 0.3 is 12.1 Å². The monoisotopic (exact) mass is 559 g/mol. The highest BCUT2D eigenvalue weighted by Gasteiger charge is 2.50. The van der Waals surface area contributed by atoms with E-state index >= 15 is 0 Å². The zero-order valence-electron chi connectivity index (χ0n) is 21.7. The normalized spacial score (nSPS) is 14.8. The maximum atomic E-state index is 13.5. The molecule has 1 fully saturated rings. The SMILES string of the molecule is Cc1cc(COc2ccc(C(=O)N(OC(=O)C(F)(F)F)C3(CC(=O)NO)CCCCC3)cc2)c2ccccc2n1. The van der Waals surface area contributed by atoms with Crippen molar-refractivity contribution in [2.45, 2.75) is 63.8 Å². The fourth-order valence-electron chi connectivity index (χ4n) is 4.97. The summed E-state index contributed by atoms with van der Waals surface area (Å²) < 4.78 is 45.3. The van der Waals surface area contributed by atoms with Gasteiger partial charge in [0.15, 0.2) is 0 Å². The number of rotatable bonds is 7. The third kappa shape index (κ3) is 6.50. The van der Waals surface area contributed by atoms with Crippen molar-refractivity contribution in [1.29, 1.82) is 0 Å². The standard InChI is InChI=1S/C28H28F3N3O6/c1-18-15-20(22-7-3-4-8-23(22)32-18)17-39-21-11-9-19(10-12-21)25(36)34(40-26(37)28(29,30)31)27(16-24(35)33-38)13-5-2-6-14-27/h3-4,7-12,15,38H,2,5-6,13-14,16-17H2,1H3,(H,33,35). The number of carbonyl (C=O) groups is 3. The molecule has 0 radical (unpaired) electrons. The van der Waals surface area contributed by atoms with Gasteiger partial charge in [-0.25, -0.2) is 10.3 Å².